The Balaban J connectivity index is 1.45. The Morgan fingerprint density at radius 1 is 1.04 bits per heavy atom. The number of rotatable bonds is 4. The normalized spacial score (nSPS) is 21.7. The van der Waals surface area contributed by atoms with E-state index >= 15 is 0 Å². The van der Waals surface area contributed by atoms with Gasteiger partial charge < -0.3 is 10.2 Å². The molecule has 3 rings (SSSR count). The van der Waals surface area contributed by atoms with Crippen LogP contribution >= 0.6 is 0 Å². The number of likely N-dealkylation sites (tertiary alicyclic amines) is 1. The van der Waals surface area contributed by atoms with Gasteiger partial charge in [0.25, 0.3) is 0 Å². The fourth-order valence-corrected chi connectivity index (χ4v) is 3.59. The Labute approximate surface area is 134 Å². The lowest BCUT2D eigenvalue weighted by atomic mass is 10.0. The lowest BCUT2D eigenvalue weighted by Crippen LogP contribution is -2.41. The predicted octanol–water partition coefficient (Wildman–Crippen LogP) is 3.56. The number of nitrogens with one attached hydrogen (secondary N) is 1. The molecule has 0 bridgehead atoms. The van der Waals surface area contributed by atoms with E-state index in [0.29, 0.717) is 5.82 Å². The van der Waals surface area contributed by atoms with Crippen LogP contribution in [0.1, 0.15) is 44.2 Å². The number of alkyl halides is 3. The summed E-state index contributed by atoms with van der Waals surface area (Å²) in [5, 5.41) is 10.1. The molecule has 0 amide bonds. The van der Waals surface area contributed by atoms with E-state index in [-0.39, 0.29) is 6.04 Å². The van der Waals surface area contributed by atoms with Gasteiger partial charge in [0.05, 0.1) is 0 Å². The smallest absolute Gasteiger partial charge is 0.366 e. The van der Waals surface area contributed by atoms with Gasteiger partial charge >= 0.3 is 6.18 Å². The number of hydrogen-bond donors (Lipinski definition) is 1. The first-order chi connectivity index (χ1) is 11.0. The van der Waals surface area contributed by atoms with Crippen molar-refractivity contribution in [3.63, 3.8) is 0 Å². The van der Waals surface area contributed by atoms with Gasteiger partial charge in [0, 0.05) is 25.7 Å². The molecule has 23 heavy (non-hydrogen) atoms. The molecule has 1 saturated heterocycles. The van der Waals surface area contributed by atoms with Crippen molar-refractivity contribution in [2.75, 3.05) is 25.0 Å². The summed E-state index contributed by atoms with van der Waals surface area (Å²) < 4.78 is 37.4. The van der Waals surface area contributed by atoms with Crippen LogP contribution < -0.4 is 5.32 Å². The standard InChI is InChI=1S/C16H23F3N4/c17-16(18,19)14-5-6-15(22-21-14)20-13-7-9-23(10-8-13)11-12-3-1-2-4-12/h5-6,12-13H,1-4,7-11H2,(H,20,22). The molecule has 0 unspecified atom stereocenters. The van der Waals surface area contributed by atoms with Gasteiger partial charge in [-0.2, -0.15) is 13.2 Å². The number of halogens is 3. The maximum atomic E-state index is 12.5. The van der Waals surface area contributed by atoms with Crippen LogP contribution in [0.25, 0.3) is 0 Å². The maximum Gasteiger partial charge on any atom is 0.435 e. The first-order valence-corrected chi connectivity index (χ1v) is 8.40. The molecule has 4 nitrogen and oxygen atoms in total. The Hall–Kier alpha value is -1.37. The second-order valence-electron chi connectivity index (χ2n) is 6.67. The average Bonchev–Trinajstić information content (AvgIpc) is 3.02. The van der Waals surface area contributed by atoms with Crippen LogP contribution in [0.2, 0.25) is 0 Å². The van der Waals surface area contributed by atoms with Crippen molar-refractivity contribution in [1.82, 2.24) is 15.1 Å². The molecule has 2 fully saturated rings. The van der Waals surface area contributed by atoms with Gasteiger partial charge in [0.2, 0.25) is 0 Å². The summed E-state index contributed by atoms with van der Waals surface area (Å²) in [5.41, 5.74) is -0.950. The molecule has 7 heteroatoms. The predicted molar refractivity (Wildman–Crippen MR) is 82.1 cm³/mol. The average molecular weight is 328 g/mol. The van der Waals surface area contributed by atoms with Crippen LogP contribution in [-0.2, 0) is 6.18 Å². The summed E-state index contributed by atoms with van der Waals surface area (Å²) >= 11 is 0. The number of aromatic nitrogens is 2. The first-order valence-electron chi connectivity index (χ1n) is 8.40. The topological polar surface area (TPSA) is 41.0 Å². The Bertz CT molecular complexity index is 489. The number of anilines is 1. The van der Waals surface area contributed by atoms with Crippen molar-refractivity contribution < 1.29 is 13.2 Å². The molecule has 1 aliphatic heterocycles. The van der Waals surface area contributed by atoms with Gasteiger partial charge in [0.15, 0.2) is 5.69 Å². The van der Waals surface area contributed by atoms with Gasteiger partial charge in [-0.05, 0) is 43.7 Å². The summed E-state index contributed by atoms with van der Waals surface area (Å²) in [4.78, 5) is 2.52. The zero-order valence-corrected chi connectivity index (χ0v) is 13.1. The molecule has 2 heterocycles. The summed E-state index contributed by atoms with van der Waals surface area (Å²) in [6, 6.07) is 2.60. The maximum absolute atomic E-state index is 12.5. The SMILES string of the molecule is FC(F)(F)c1ccc(NC2CCN(CC3CCCC3)CC2)nn1. The van der Waals surface area contributed by atoms with E-state index in [4.69, 9.17) is 0 Å². The molecule has 1 aromatic rings. The van der Waals surface area contributed by atoms with Crippen molar-refractivity contribution in [3.8, 4) is 0 Å². The summed E-state index contributed by atoms with van der Waals surface area (Å²) in [6.45, 7) is 3.29. The molecule has 1 N–H and O–H groups in total. The number of hydrogen-bond acceptors (Lipinski definition) is 4. The summed E-state index contributed by atoms with van der Waals surface area (Å²) in [5.74, 6) is 1.28. The lowest BCUT2D eigenvalue weighted by Gasteiger charge is -2.34. The van der Waals surface area contributed by atoms with Crippen LogP contribution in [0.5, 0.6) is 0 Å². The van der Waals surface area contributed by atoms with Crippen LogP contribution in [0.15, 0.2) is 12.1 Å². The third-order valence-corrected chi connectivity index (χ3v) is 4.89. The van der Waals surface area contributed by atoms with Crippen LogP contribution in [0.4, 0.5) is 19.0 Å². The van der Waals surface area contributed by atoms with Crippen LogP contribution in [-0.4, -0.2) is 40.8 Å². The fraction of sp³-hybridized carbons (Fsp3) is 0.750. The van der Waals surface area contributed by atoms with Gasteiger partial charge in [-0.3, -0.25) is 0 Å². The minimum absolute atomic E-state index is 0.265. The van der Waals surface area contributed by atoms with Crippen molar-refractivity contribution in [1.29, 1.82) is 0 Å². The number of piperidine rings is 1. The first kappa shape index (κ1) is 16.5. The van der Waals surface area contributed by atoms with E-state index in [9.17, 15) is 13.2 Å². The van der Waals surface area contributed by atoms with E-state index in [1.54, 1.807) is 0 Å². The van der Waals surface area contributed by atoms with Crippen LogP contribution in [0, 0.1) is 5.92 Å². The van der Waals surface area contributed by atoms with Crippen molar-refractivity contribution >= 4 is 5.82 Å². The van der Waals surface area contributed by atoms with E-state index < -0.39 is 11.9 Å². The molecule has 128 valence electrons. The highest BCUT2D eigenvalue weighted by Gasteiger charge is 2.33. The largest absolute Gasteiger partial charge is 0.435 e. The summed E-state index contributed by atoms with van der Waals surface area (Å²) in [7, 11) is 0. The Morgan fingerprint density at radius 3 is 2.30 bits per heavy atom. The molecule has 0 radical (unpaired) electrons. The molecule has 0 atom stereocenters. The lowest BCUT2D eigenvalue weighted by molar-refractivity contribution is -0.141. The molecule has 1 aromatic heterocycles. The third-order valence-electron chi connectivity index (χ3n) is 4.89. The second kappa shape index (κ2) is 7.03. The van der Waals surface area contributed by atoms with E-state index in [2.05, 4.69) is 20.4 Å². The van der Waals surface area contributed by atoms with Crippen molar-refractivity contribution in [2.24, 2.45) is 5.92 Å². The highest BCUT2D eigenvalue weighted by Crippen LogP contribution is 2.28. The zero-order valence-electron chi connectivity index (χ0n) is 13.1. The molecule has 0 aromatic carbocycles. The van der Waals surface area contributed by atoms with Crippen molar-refractivity contribution in [3.05, 3.63) is 17.8 Å². The molecule has 0 spiro atoms. The Morgan fingerprint density at radius 2 is 1.74 bits per heavy atom. The minimum Gasteiger partial charge on any atom is -0.366 e. The molecule has 2 aliphatic rings. The summed E-state index contributed by atoms with van der Waals surface area (Å²) in [6.07, 6.45) is 3.02. The van der Waals surface area contributed by atoms with E-state index in [1.165, 1.54) is 38.3 Å². The third kappa shape index (κ3) is 4.56. The fourth-order valence-electron chi connectivity index (χ4n) is 3.59. The molecule has 1 aliphatic carbocycles. The molecular weight excluding hydrogens is 305 g/mol. The van der Waals surface area contributed by atoms with E-state index in [1.807, 2.05) is 0 Å². The Kier molecular flexibility index (Phi) is 5.04. The zero-order chi connectivity index (χ0) is 16.3. The highest BCUT2D eigenvalue weighted by molar-refractivity contribution is 5.34. The molecule has 1 saturated carbocycles. The minimum atomic E-state index is -4.43. The quantitative estimate of drug-likeness (QED) is 0.917. The van der Waals surface area contributed by atoms with Gasteiger partial charge in [-0.25, -0.2) is 0 Å². The highest BCUT2D eigenvalue weighted by atomic mass is 19.4. The monoisotopic (exact) mass is 328 g/mol. The number of nitrogens with zero attached hydrogens (tertiary/aromatic N) is 3. The van der Waals surface area contributed by atoms with E-state index in [0.717, 1.165) is 37.9 Å². The van der Waals surface area contributed by atoms with Gasteiger partial charge in [-0.1, -0.05) is 12.8 Å². The van der Waals surface area contributed by atoms with Gasteiger partial charge in [-0.15, -0.1) is 10.2 Å². The molecular formula is C16H23F3N4. The van der Waals surface area contributed by atoms with Gasteiger partial charge in [0.1, 0.15) is 5.82 Å². The van der Waals surface area contributed by atoms with Crippen molar-refractivity contribution in [2.45, 2.75) is 50.7 Å². The second-order valence-corrected chi connectivity index (χ2v) is 6.67. The van der Waals surface area contributed by atoms with Crippen LogP contribution in [0.3, 0.4) is 0 Å².